The average Bonchev–Trinajstić information content (AvgIpc) is 3.05. The molecule has 0 atom stereocenters. The molecule has 0 unspecified atom stereocenters. The summed E-state index contributed by atoms with van der Waals surface area (Å²) in [5, 5.41) is 2.44. The molecule has 32 heavy (non-hydrogen) atoms. The van der Waals surface area contributed by atoms with Gasteiger partial charge in [-0.05, 0) is 55.7 Å². The number of esters is 1. The first kappa shape index (κ1) is 24.2. The SMILES string of the molecule is Cc1ccc(NC(=O)COC(=O)c2ccc(Cl)c(S(=O)(=O)N3CCCCCC3)c2)cc1F. The fourth-order valence-corrected chi connectivity index (χ4v) is 5.35. The number of benzene rings is 2. The summed E-state index contributed by atoms with van der Waals surface area (Å²) in [4.78, 5) is 24.3. The van der Waals surface area contributed by atoms with E-state index < -0.39 is 34.3 Å². The maximum absolute atomic E-state index is 13.6. The molecule has 2 aromatic carbocycles. The Morgan fingerprint density at radius 1 is 1.09 bits per heavy atom. The highest BCUT2D eigenvalue weighted by atomic mass is 35.5. The second-order valence-corrected chi connectivity index (χ2v) is 9.87. The fourth-order valence-electron chi connectivity index (χ4n) is 3.33. The maximum atomic E-state index is 13.6. The summed E-state index contributed by atoms with van der Waals surface area (Å²) in [6.07, 6.45) is 3.45. The second kappa shape index (κ2) is 10.4. The average molecular weight is 483 g/mol. The number of rotatable bonds is 6. The number of aryl methyl sites for hydroxylation is 1. The van der Waals surface area contributed by atoms with Crippen molar-refractivity contribution in [2.24, 2.45) is 0 Å². The van der Waals surface area contributed by atoms with Gasteiger partial charge in [-0.25, -0.2) is 17.6 Å². The lowest BCUT2D eigenvalue weighted by molar-refractivity contribution is -0.119. The highest BCUT2D eigenvalue weighted by molar-refractivity contribution is 7.89. The van der Waals surface area contributed by atoms with Crippen LogP contribution in [-0.2, 0) is 19.6 Å². The van der Waals surface area contributed by atoms with Crippen molar-refractivity contribution in [3.63, 3.8) is 0 Å². The van der Waals surface area contributed by atoms with Crippen LogP contribution in [0.3, 0.4) is 0 Å². The van der Waals surface area contributed by atoms with Crippen LogP contribution < -0.4 is 5.32 Å². The molecule has 0 aromatic heterocycles. The molecule has 3 rings (SSSR count). The van der Waals surface area contributed by atoms with E-state index in [0.29, 0.717) is 18.7 Å². The van der Waals surface area contributed by atoms with Crippen LogP contribution in [0.2, 0.25) is 5.02 Å². The molecule has 172 valence electrons. The Kier molecular flexibility index (Phi) is 7.86. The van der Waals surface area contributed by atoms with Crippen molar-refractivity contribution in [3.05, 3.63) is 58.4 Å². The van der Waals surface area contributed by atoms with Crippen LogP contribution in [0.4, 0.5) is 10.1 Å². The minimum Gasteiger partial charge on any atom is -0.452 e. The number of anilines is 1. The fraction of sp³-hybridized carbons (Fsp3) is 0.364. The van der Waals surface area contributed by atoms with Gasteiger partial charge in [0.1, 0.15) is 10.7 Å². The van der Waals surface area contributed by atoms with Crippen molar-refractivity contribution in [2.75, 3.05) is 25.0 Å². The molecular formula is C22H24ClFN2O5S. The summed E-state index contributed by atoms with van der Waals surface area (Å²) < 4.78 is 46.1. The van der Waals surface area contributed by atoms with Crippen LogP contribution in [0, 0.1) is 12.7 Å². The third kappa shape index (κ3) is 5.85. The first-order chi connectivity index (χ1) is 15.2. The molecule has 1 amide bonds. The smallest absolute Gasteiger partial charge is 0.338 e. The maximum Gasteiger partial charge on any atom is 0.338 e. The molecule has 1 heterocycles. The summed E-state index contributed by atoms with van der Waals surface area (Å²) in [7, 11) is -3.87. The predicted octanol–water partition coefficient (Wildman–Crippen LogP) is 4.15. The van der Waals surface area contributed by atoms with Gasteiger partial charge in [-0.2, -0.15) is 4.31 Å². The molecule has 0 radical (unpaired) electrons. The summed E-state index contributed by atoms with van der Waals surface area (Å²) >= 11 is 6.13. The first-order valence-corrected chi connectivity index (χ1v) is 12.0. The van der Waals surface area contributed by atoms with Gasteiger partial charge in [0.2, 0.25) is 10.0 Å². The second-order valence-electron chi connectivity index (χ2n) is 7.55. The highest BCUT2D eigenvalue weighted by Crippen LogP contribution is 2.28. The van der Waals surface area contributed by atoms with E-state index in [9.17, 15) is 22.4 Å². The van der Waals surface area contributed by atoms with Gasteiger partial charge in [0.25, 0.3) is 5.91 Å². The molecule has 0 saturated carbocycles. The number of hydrogen-bond acceptors (Lipinski definition) is 5. The zero-order chi connectivity index (χ0) is 23.3. The van der Waals surface area contributed by atoms with E-state index in [2.05, 4.69) is 5.32 Å². The van der Waals surface area contributed by atoms with Gasteiger partial charge in [-0.1, -0.05) is 30.5 Å². The summed E-state index contributed by atoms with van der Waals surface area (Å²) in [5.74, 6) is -2.01. The topological polar surface area (TPSA) is 92.8 Å². The first-order valence-electron chi connectivity index (χ1n) is 10.2. The standard InChI is InChI=1S/C22H24ClFN2O5S/c1-15-6-8-17(13-19(15)24)25-21(27)14-31-22(28)16-7-9-18(23)20(12-16)32(29,30)26-10-4-2-3-5-11-26/h6-9,12-13H,2-5,10-11,14H2,1H3,(H,25,27). The number of nitrogens with zero attached hydrogens (tertiary/aromatic N) is 1. The number of sulfonamides is 1. The summed E-state index contributed by atoms with van der Waals surface area (Å²) in [6, 6.07) is 8.01. The minimum absolute atomic E-state index is 0.00457. The summed E-state index contributed by atoms with van der Waals surface area (Å²) in [5.41, 5.74) is 0.617. The van der Waals surface area contributed by atoms with Crippen molar-refractivity contribution in [1.29, 1.82) is 0 Å². The quantitative estimate of drug-likeness (QED) is 0.624. The van der Waals surface area contributed by atoms with Crippen LogP contribution in [0.1, 0.15) is 41.6 Å². The van der Waals surface area contributed by atoms with Crippen molar-refractivity contribution < 1.29 is 27.1 Å². The predicted molar refractivity (Wildman–Crippen MR) is 119 cm³/mol. The number of ether oxygens (including phenoxy) is 1. The number of nitrogens with one attached hydrogen (secondary N) is 1. The monoisotopic (exact) mass is 482 g/mol. The largest absolute Gasteiger partial charge is 0.452 e. The number of carbonyl (C=O) groups excluding carboxylic acids is 2. The Hall–Kier alpha value is -2.49. The molecule has 0 aliphatic carbocycles. The molecular weight excluding hydrogens is 459 g/mol. The molecule has 1 N–H and O–H groups in total. The highest BCUT2D eigenvalue weighted by Gasteiger charge is 2.28. The Labute approximate surface area is 191 Å². The molecule has 2 aromatic rings. The Morgan fingerprint density at radius 2 is 1.78 bits per heavy atom. The third-order valence-electron chi connectivity index (χ3n) is 5.14. The van der Waals surface area contributed by atoms with E-state index in [1.165, 1.54) is 28.6 Å². The lowest BCUT2D eigenvalue weighted by Gasteiger charge is -2.21. The zero-order valence-corrected chi connectivity index (χ0v) is 19.1. The van der Waals surface area contributed by atoms with E-state index >= 15 is 0 Å². The van der Waals surface area contributed by atoms with Gasteiger partial charge in [0.15, 0.2) is 6.61 Å². The molecule has 1 aliphatic heterocycles. The van der Waals surface area contributed by atoms with Gasteiger partial charge in [0, 0.05) is 18.8 Å². The van der Waals surface area contributed by atoms with Crippen molar-refractivity contribution >= 4 is 39.2 Å². The molecule has 0 spiro atoms. The molecule has 1 aliphatic rings. The van der Waals surface area contributed by atoms with E-state index in [1.54, 1.807) is 6.92 Å². The third-order valence-corrected chi connectivity index (χ3v) is 7.52. The number of amides is 1. The van der Waals surface area contributed by atoms with Crippen LogP contribution in [0.25, 0.3) is 0 Å². The van der Waals surface area contributed by atoms with Crippen LogP contribution in [0.15, 0.2) is 41.3 Å². The van der Waals surface area contributed by atoms with E-state index in [4.69, 9.17) is 16.3 Å². The number of halogens is 2. The minimum atomic E-state index is -3.87. The Morgan fingerprint density at radius 3 is 2.44 bits per heavy atom. The lowest BCUT2D eigenvalue weighted by Crippen LogP contribution is -2.32. The van der Waals surface area contributed by atoms with Crippen molar-refractivity contribution in [3.8, 4) is 0 Å². The molecule has 1 fully saturated rings. The van der Waals surface area contributed by atoms with Crippen molar-refractivity contribution in [1.82, 2.24) is 4.31 Å². The van der Waals surface area contributed by atoms with Crippen LogP contribution >= 0.6 is 11.6 Å². The Bertz CT molecular complexity index is 1120. The van der Waals surface area contributed by atoms with Gasteiger partial charge in [-0.15, -0.1) is 0 Å². The number of carbonyl (C=O) groups is 2. The molecule has 10 heteroatoms. The van der Waals surface area contributed by atoms with Crippen molar-refractivity contribution in [2.45, 2.75) is 37.5 Å². The Balaban J connectivity index is 1.68. The molecule has 7 nitrogen and oxygen atoms in total. The zero-order valence-electron chi connectivity index (χ0n) is 17.6. The van der Waals surface area contributed by atoms with Crippen LogP contribution in [-0.4, -0.2) is 44.3 Å². The van der Waals surface area contributed by atoms with Gasteiger partial charge in [0.05, 0.1) is 10.6 Å². The van der Waals surface area contributed by atoms with Crippen LogP contribution in [0.5, 0.6) is 0 Å². The summed E-state index contributed by atoms with van der Waals surface area (Å²) in [6.45, 7) is 1.77. The van der Waals surface area contributed by atoms with E-state index in [-0.39, 0.29) is 21.2 Å². The van der Waals surface area contributed by atoms with Gasteiger partial charge < -0.3 is 10.1 Å². The lowest BCUT2D eigenvalue weighted by atomic mass is 10.2. The van der Waals surface area contributed by atoms with E-state index in [1.807, 2.05) is 0 Å². The van der Waals surface area contributed by atoms with E-state index in [0.717, 1.165) is 37.8 Å². The molecule has 1 saturated heterocycles. The molecule has 0 bridgehead atoms. The number of hydrogen-bond donors (Lipinski definition) is 1. The van der Waals surface area contributed by atoms with Gasteiger partial charge >= 0.3 is 5.97 Å². The van der Waals surface area contributed by atoms with Gasteiger partial charge in [-0.3, -0.25) is 4.79 Å². The normalized spacial score (nSPS) is 15.1.